The van der Waals surface area contributed by atoms with E-state index in [1.807, 2.05) is 0 Å². The molecule has 2 aromatic heterocycles. The molecule has 1 aromatic carbocycles. The van der Waals surface area contributed by atoms with Crippen molar-refractivity contribution >= 4 is 17.2 Å². The fourth-order valence-electron chi connectivity index (χ4n) is 12.5. The summed E-state index contributed by atoms with van der Waals surface area (Å²) in [5.74, 6) is 6.26. The molecule has 2 nitrogen and oxygen atoms in total. The Morgan fingerprint density at radius 3 is 1.48 bits per heavy atom. The summed E-state index contributed by atoms with van der Waals surface area (Å²) in [6.45, 7) is 0. The molecule has 8 aliphatic carbocycles. The van der Waals surface area contributed by atoms with Gasteiger partial charge in [-0.3, -0.25) is 0 Å². The van der Waals surface area contributed by atoms with E-state index in [1.165, 1.54) is 22.9 Å². The molecular weight excluding hydrogens is 522 g/mol. The molecule has 11 rings (SSSR count). The predicted octanol–water partition coefficient (Wildman–Crippen LogP) is 9.43. The van der Waals surface area contributed by atoms with Crippen LogP contribution >= 0.6 is 17.2 Å². The zero-order valence-corrected chi connectivity index (χ0v) is 26.0. The van der Waals surface area contributed by atoms with Gasteiger partial charge in [0.05, 0.1) is 5.16 Å². The monoisotopic (exact) mass is 568 g/mol. The van der Waals surface area contributed by atoms with Crippen molar-refractivity contribution in [2.45, 2.75) is 98.7 Å². The maximum Gasteiger partial charge on any atom is 0.0623 e. The van der Waals surface area contributed by atoms with E-state index >= 15 is 0 Å². The molecule has 1 unspecified atom stereocenters. The fraction of sp³-hybridized carbons (Fsp3) is 0.611. The van der Waals surface area contributed by atoms with Crippen molar-refractivity contribution in [3.63, 3.8) is 0 Å². The highest BCUT2D eigenvalue weighted by Gasteiger charge is 2.62. The van der Waals surface area contributed by atoms with E-state index in [0.717, 1.165) is 35.5 Å². The van der Waals surface area contributed by atoms with Crippen LogP contribution in [0.15, 0.2) is 61.2 Å². The highest BCUT2D eigenvalue weighted by Crippen LogP contribution is 2.79. The van der Waals surface area contributed by atoms with Gasteiger partial charge in [0.25, 0.3) is 0 Å². The third-order valence-electron chi connectivity index (χ3n) is 13.0. The Kier molecular flexibility index (Phi) is 5.71. The summed E-state index contributed by atoms with van der Waals surface area (Å²) >= 11 is 0. The van der Waals surface area contributed by atoms with E-state index in [0.29, 0.717) is 10.3 Å². The van der Waals surface area contributed by atoms with Crippen molar-refractivity contribution < 1.29 is 0 Å². The first-order valence-electron chi connectivity index (χ1n) is 16.4. The van der Waals surface area contributed by atoms with Crippen LogP contribution in [0.25, 0.3) is 0 Å². The molecule has 0 spiro atoms. The van der Waals surface area contributed by atoms with Crippen molar-refractivity contribution in [2.24, 2.45) is 35.5 Å². The molecule has 210 valence electrons. The first kappa shape index (κ1) is 25.2. The van der Waals surface area contributed by atoms with E-state index in [1.54, 1.807) is 82.6 Å². The quantitative estimate of drug-likeness (QED) is 0.266. The van der Waals surface area contributed by atoms with E-state index in [2.05, 4.69) is 80.4 Å². The van der Waals surface area contributed by atoms with E-state index in [4.69, 9.17) is 0 Å². The first-order valence-corrected chi connectivity index (χ1v) is 18.5. The van der Waals surface area contributed by atoms with Crippen LogP contribution in [0.1, 0.15) is 99.3 Å². The molecule has 0 radical (unpaired) electrons. The third kappa shape index (κ3) is 3.73. The SMILES string of the molecule is PC(c1cc[nH]c1)(c1cc[nH]c1)c1ccccc1CP(C12CC3CC(CC(C3)C1)C2)C12CC3CC(CC(C3)C1)C2. The Labute approximate surface area is 244 Å². The Morgan fingerprint density at radius 2 is 1.07 bits per heavy atom. The average Bonchev–Trinajstić information content (AvgIpc) is 3.66. The molecule has 8 fully saturated rings. The predicted molar refractivity (Wildman–Crippen MR) is 170 cm³/mol. The first-order chi connectivity index (χ1) is 19.5. The Balaban J connectivity index is 1.18. The molecule has 8 bridgehead atoms. The lowest BCUT2D eigenvalue weighted by Crippen LogP contribution is -2.56. The number of aromatic nitrogens is 2. The van der Waals surface area contributed by atoms with Gasteiger partial charge in [0.1, 0.15) is 0 Å². The number of aromatic amines is 2. The number of hydrogen-bond donors (Lipinski definition) is 2. The van der Waals surface area contributed by atoms with Crippen molar-refractivity contribution in [1.29, 1.82) is 0 Å². The molecule has 4 heteroatoms. The minimum absolute atomic E-state index is 0.0883. The zero-order chi connectivity index (χ0) is 26.5. The molecule has 3 aromatic rings. The van der Waals surface area contributed by atoms with Gasteiger partial charge in [-0.2, -0.15) is 0 Å². The second kappa shape index (κ2) is 9.07. The highest BCUT2D eigenvalue weighted by molar-refractivity contribution is 7.60. The van der Waals surface area contributed by atoms with Gasteiger partial charge in [-0.25, -0.2) is 0 Å². The van der Waals surface area contributed by atoms with E-state index < -0.39 is 0 Å². The molecular formula is C36H46N2P2. The molecule has 2 heterocycles. The van der Waals surface area contributed by atoms with Gasteiger partial charge in [0.2, 0.25) is 0 Å². The summed E-state index contributed by atoms with van der Waals surface area (Å²) in [5, 5.41) is 1.09. The summed E-state index contributed by atoms with van der Waals surface area (Å²) in [6, 6.07) is 14.2. The minimum atomic E-state index is -0.236. The summed E-state index contributed by atoms with van der Waals surface area (Å²) in [5.41, 5.74) is 5.86. The van der Waals surface area contributed by atoms with Crippen LogP contribution < -0.4 is 0 Å². The van der Waals surface area contributed by atoms with Crippen molar-refractivity contribution in [2.75, 3.05) is 0 Å². The van der Waals surface area contributed by atoms with Crippen LogP contribution in [0.3, 0.4) is 0 Å². The maximum absolute atomic E-state index is 3.39. The number of nitrogens with one attached hydrogen (secondary N) is 2. The zero-order valence-electron chi connectivity index (χ0n) is 24.0. The molecule has 8 aliphatic rings. The van der Waals surface area contributed by atoms with Gasteiger partial charge >= 0.3 is 0 Å². The number of rotatable bonds is 7. The fourth-order valence-corrected chi connectivity index (χ4v) is 18.3. The van der Waals surface area contributed by atoms with Crippen LogP contribution in [0.5, 0.6) is 0 Å². The lowest BCUT2D eigenvalue weighted by atomic mass is 9.55. The summed E-state index contributed by atoms with van der Waals surface area (Å²) in [6.07, 6.45) is 28.9. The van der Waals surface area contributed by atoms with Crippen LogP contribution in [0.4, 0.5) is 0 Å². The van der Waals surface area contributed by atoms with Crippen LogP contribution in [-0.4, -0.2) is 20.3 Å². The molecule has 40 heavy (non-hydrogen) atoms. The second-order valence-electron chi connectivity index (χ2n) is 15.5. The smallest absolute Gasteiger partial charge is 0.0623 e. The second-order valence-corrected chi connectivity index (χ2v) is 19.5. The largest absolute Gasteiger partial charge is 0.367 e. The lowest BCUT2D eigenvalue weighted by Gasteiger charge is -2.67. The van der Waals surface area contributed by atoms with Gasteiger partial charge in [0, 0.05) is 24.8 Å². The summed E-state index contributed by atoms with van der Waals surface area (Å²) < 4.78 is 0. The molecule has 0 amide bonds. The lowest BCUT2D eigenvalue weighted by molar-refractivity contribution is 0.0184. The van der Waals surface area contributed by atoms with Gasteiger partial charge in [0.15, 0.2) is 0 Å². The number of hydrogen-bond acceptors (Lipinski definition) is 0. The molecule has 0 aliphatic heterocycles. The number of H-pyrrole nitrogens is 2. The van der Waals surface area contributed by atoms with Crippen molar-refractivity contribution in [1.82, 2.24) is 9.97 Å². The molecule has 2 N–H and O–H groups in total. The van der Waals surface area contributed by atoms with Gasteiger partial charge in [-0.05, 0) is 163 Å². The van der Waals surface area contributed by atoms with Crippen molar-refractivity contribution in [3.05, 3.63) is 83.4 Å². The third-order valence-corrected chi connectivity index (χ3v) is 18.1. The Morgan fingerprint density at radius 1 is 0.650 bits per heavy atom. The van der Waals surface area contributed by atoms with Crippen LogP contribution in [-0.2, 0) is 11.3 Å². The standard InChI is InChI=1S/C36H46N2P2/c39-36(31-5-7-37-21-31,32-6-8-38-22-32)33-4-2-1-3-30(33)23-40(34-15-24-9-25(16-34)11-26(10-24)17-34)35-18-27-12-28(19-35)14-29(13-27)20-35/h1-8,21-22,24-29,37-38H,9-20,23,39H2. The van der Waals surface area contributed by atoms with Crippen LogP contribution in [0, 0.1) is 35.5 Å². The minimum Gasteiger partial charge on any atom is -0.367 e. The summed E-state index contributed by atoms with van der Waals surface area (Å²) in [4.78, 5) is 6.77. The van der Waals surface area contributed by atoms with Crippen molar-refractivity contribution in [3.8, 4) is 0 Å². The summed E-state index contributed by atoms with van der Waals surface area (Å²) in [7, 11) is 3.25. The topological polar surface area (TPSA) is 31.6 Å². The molecule has 1 atom stereocenters. The highest BCUT2D eigenvalue weighted by atomic mass is 31.1. The Bertz CT molecular complexity index is 1220. The van der Waals surface area contributed by atoms with Gasteiger partial charge in [-0.15, -0.1) is 9.24 Å². The molecule has 8 saturated carbocycles. The Hall–Kier alpha value is -1.36. The van der Waals surface area contributed by atoms with Crippen LogP contribution in [0.2, 0.25) is 0 Å². The number of benzene rings is 1. The van der Waals surface area contributed by atoms with Gasteiger partial charge < -0.3 is 9.97 Å². The average molecular weight is 569 g/mol. The maximum atomic E-state index is 3.39. The van der Waals surface area contributed by atoms with Gasteiger partial charge in [-0.1, -0.05) is 32.2 Å². The van der Waals surface area contributed by atoms with E-state index in [9.17, 15) is 0 Å². The van der Waals surface area contributed by atoms with E-state index in [-0.39, 0.29) is 13.1 Å². The molecule has 0 saturated heterocycles. The normalized spacial score (nSPS) is 40.1.